The number of ether oxygens (including phenoxy) is 1. The second-order valence-corrected chi connectivity index (χ2v) is 11.1. The molecular weight excluding hydrogens is 526 g/mol. The van der Waals surface area contributed by atoms with Crippen LogP contribution in [0.5, 0.6) is 0 Å². The van der Waals surface area contributed by atoms with Crippen LogP contribution in [0.15, 0.2) is 26.1 Å². The van der Waals surface area contributed by atoms with E-state index >= 15 is 0 Å². The van der Waals surface area contributed by atoms with Gasteiger partial charge in [0.2, 0.25) is 0 Å². The summed E-state index contributed by atoms with van der Waals surface area (Å²) in [5.41, 5.74) is 5.69. The number of carbonyl (C=O) groups excluding carboxylic acids is 2. The van der Waals surface area contributed by atoms with Crippen molar-refractivity contribution in [3.8, 4) is 0 Å². The molecule has 0 aliphatic carbocycles. The van der Waals surface area contributed by atoms with Gasteiger partial charge in [0.15, 0.2) is 15.2 Å². The molecule has 4 rings (SSSR count). The molecule has 2 aliphatic rings. The van der Waals surface area contributed by atoms with Crippen molar-refractivity contribution in [2.24, 2.45) is 5.16 Å². The lowest BCUT2D eigenvalue weighted by Gasteiger charge is -2.49. The summed E-state index contributed by atoms with van der Waals surface area (Å²) in [6, 6.07) is -0.978. The van der Waals surface area contributed by atoms with Crippen LogP contribution in [0.1, 0.15) is 10.7 Å². The molecule has 0 radical (unpaired) electrons. The summed E-state index contributed by atoms with van der Waals surface area (Å²) in [6.45, 7) is 0.340. The number of amides is 2. The Hall–Kier alpha value is -2.73. The minimum Gasteiger partial charge on any atom is -0.477 e. The van der Waals surface area contributed by atoms with E-state index in [1.54, 1.807) is 7.11 Å². The highest BCUT2D eigenvalue weighted by Crippen LogP contribution is 2.41. The number of aromatic nitrogens is 3. The Balaban J connectivity index is 1.45. The first-order valence-corrected chi connectivity index (χ1v) is 13.2. The van der Waals surface area contributed by atoms with Gasteiger partial charge in [0, 0.05) is 24.0 Å². The predicted molar refractivity (Wildman–Crippen MR) is 126 cm³/mol. The number of β-lactam (4-membered cyclic amide) rings is 1. The average molecular weight is 544 g/mol. The van der Waals surface area contributed by atoms with Crippen molar-refractivity contribution in [2.75, 3.05) is 24.3 Å². The number of nitrogens with zero attached hydrogens (tertiary/aromatic N) is 5. The van der Waals surface area contributed by atoms with E-state index in [4.69, 9.17) is 10.5 Å². The number of thiazole rings is 1. The van der Waals surface area contributed by atoms with E-state index in [1.807, 2.05) is 0 Å². The molecule has 1 fully saturated rings. The summed E-state index contributed by atoms with van der Waals surface area (Å²) >= 11 is 5.07. The van der Waals surface area contributed by atoms with Gasteiger partial charge in [-0.3, -0.25) is 14.5 Å². The number of thioether (sulfide) groups is 2. The van der Waals surface area contributed by atoms with Crippen molar-refractivity contribution < 1.29 is 29.4 Å². The zero-order valence-corrected chi connectivity index (χ0v) is 20.6. The molecule has 2 aromatic rings. The Morgan fingerprint density at radius 1 is 1.44 bits per heavy atom. The van der Waals surface area contributed by atoms with Crippen molar-refractivity contribution in [1.29, 1.82) is 0 Å². The third-order valence-corrected chi connectivity index (χ3v) is 8.83. The molecule has 2 unspecified atom stereocenters. The number of nitrogens with one attached hydrogen (secondary N) is 1. The lowest BCUT2D eigenvalue weighted by molar-refractivity contribution is -0.150. The van der Waals surface area contributed by atoms with E-state index in [0.717, 1.165) is 11.3 Å². The van der Waals surface area contributed by atoms with Crippen LogP contribution in [0, 0.1) is 0 Å². The highest BCUT2D eigenvalue weighted by atomic mass is 32.2. The molecule has 1 saturated heterocycles. The van der Waals surface area contributed by atoms with Crippen LogP contribution in [-0.2, 0) is 25.7 Å². The van der Waals surface area contributed by atoms with Crippen LogP contribution in [0.3, 0.4) is 0 Å². The molecule has 13 nitrogen and oxygen atoms in total. The number of anilines is 1. The van der Waals surface area contributed by atoms with E-state index in [-0.39, 0.29) is 16.5 Å². The van der Waals surface area contributed by atoms with Gasteiger partial charge in [-0.2, -0.15) is 0 Å². The van der Waals surface area contributed by atoms with E-state index in [0.29, 0.717) is 33.0 Å². The van der Waals surface area contributed by atoms with E-state index in [1.165, 1.54) is 45.1 Å². The summed E-state index contributed by atoms with van der Waals surface area (Å²) < 4.78 is 5.68. The number of rotatable bonds is 9. The van der Waals surface area contributed by atoms with Gasteiger partial charge in [0.05, 0.1) is 6.61 Å². The number of nitrogens with two attached hydrogens (primary N) is 1. The number of carboxylic acids is 1. The van der Waals surface area contributed by atoms with Gasteiger partial charge in [0.25, 0.3) is 11.8 Å². The van der Waals surface area contributed by atoms with Crippen molar-refractivity contribution in [2.45, 2.75) is 22.4 Å². The maximum absolute atomic E-state index is 12.8. The number of carboxylic acid groups (broad SMARTS) is 1. The van der Waals surface area contributed by atoms with Crippen molar-refractivity contribution in [1.82, 2.24) is 25.4 Å². The van der Waals surface area contributed by atoms with Gasteiger partial charge >= 0.3 is 5.97 Å². The number of methoxy groups -OCH3 is 1. The Labute approximate surface area is 208 Å². The molecule has 2 atom stereocenters. The third-order valence-electron chi connectivity index (χ3n) is 4.70. The predicted octanol–water partition coefficient (Wildman–Crippen LogP) is 0.432. The van der Waals surface area contributed by atoms with E-state index in [9.17, 15) is 24.7 Å². The summed E-state index contributed by atoms with van der Waals surface area (Å²) in [5, 5.41) is 34.3. The van der Waals surface area contributed by atoms with Crippen LogP contribution >= 0.6 is 46.2 Å². The second-order valence-electron chi connectivity index (χ2n) is 6.82. The zero-order valence-electron chi connectivity index (χ0n) is 17.3. The van der Waals surface area contributed by atoms with Crippen LogP contribution in [0.2, 0.25) is 0 Å². The fraction of sp³-hybridized carbons (Fsp3) is 0.353. The number of fused-ring (bicyclic) bond motifs is 1. The van der Waals surface area contributed by atoms with Gasteiger partial charge < -0.3 is 26.1 Å². The molecule has 2 amide bonds. The Kier molecular flexibility index (Phi) is 7.36. The van der Waals surface area contributed by atoms with Gasteiger partial charge in [-0.05, 0) is 5.57 Å². The van der Waals surface area contributed by atoms with Gasteiger partial charge in [-0.15, -0.1) is 33.3 Å². The molecule has 0 bridgehead atoms. The molecular formula is C17H17N7O6S4. The topological polar surface area (TPSA) is 193 Å². The SMILES string of the molecule is COCc1nnc(SCC2=C(C(=O)O)N3C(=O)C(NC(=O)/C(=N/O)c4csc(N)n4)C3SC2)s1. The number of oxime groups is 1. The molecule has 0 saturated carbocycles. The normalized spacial score (nSPS) is 20.2. The molecule has 4 heterocycles. The summed E-state index contributed by atoms with van der Waals surface area (Å²) in [5.74, 6) is -1.96. The van der Waals surface area contributed by atoms with Gasteiger partial charge in [-0.25, -0.2) is 9.78 Å². The lowest BCUT2D eigenvalue weighted by atomic mass is 10.0. The van der Waals surface area contributed by atoms with E-state index < -0.39 is 34.9 Å². The maximum atomic E-state index is 12.8. The molecule has 5 N–H and O–H groups in total. The first kappa shape index (κ1) is 24.4. The standard InChI is InChI=1S/C17H17N7O6S4/c1-30-2-8-21-22-17(34-8)33-4-6-3-31-14-10(13(26)24(14)11(6)15(27)28)20-12(25)9(23-29)7-5-32-16(18)19-7/h5,10,14,29H,2-4H2,1H3,(H2,18,19)(H,20,25)(H,27,28)/b23-9+. The maximum Gasteiger partial charge on any atom is 0.352 e. The zero-order chi connectivity index (χ0) is 24.4. The second kappa shape index (κ2) is 10.3. The summed E-state index contributed by atoms with van der Waals surface area (Å²) in [4.78, 5) is 42.5. The van der Waals surface area contributed by atoms with Crippen molar-refractivity contribution >= 4 is 74.8 Å². The fourth-order valence-electron chi connectivity index (χ4n) is 3.24. The largest absolute Gasteiger partial charge is 0.477 e. The number of hydrogen-bond donors (Lipinski definition) is 4. The molecule has 2 aromatic heterocycles. The minimum absolute atomic E-state index is 0.0678. The summed E-state index contributed by atoms with van der Waals surface area (Å²) in [7, 11) is 1.56. The number of aliphatic carboxylic acids is 1. The average Bonchev–Trinajstić information content (AvgIpc) is 3.44. The minimum atomic E-state index is -1.23. The van der Waals surface area contributed by atoms with Crippen LogP contribution in [0.25, 0.3) is 0 Å². The molecule has 34 heavy (non-hydrogen) atoms. The third kappa shape index (κ3) is 4.74. The van der Waals surface area contributed by atoms with Crippen LogP contribution in [0.4, 0.5) is 5.13 Å². The fourth-order valence-corrected chi connectivity index (χ4v) is 7.14. The molecule has 0 aromatic carbocycles. The van der Waals surface area contributed by atoms with Gasteiger partial charge in [-0.1, -0.05) is 28.3 Å². The Morgan fingerprint density at radius 2 is 2.24 bits per heavy atom. The molecule has 17 heteroatoms. The lowest BCUT2D eigenvalue weighted by Crippen LogP contribution is -2.71. The highest BCUT2D eigenvalue weighted by Gasteiger charge is 2.54. The number of carbonyl (C=O) groups is 3. The summed E-state index contributed by atoms with van der Waals surface area (Å²) in [6.07, 6.45) is 0. The Morgan fingerprint density at radius 3 is 2.88 bits per heavy atom. The van der Waals surface area contributed by atoms with Crippen molar-refractivity contribution in [3.63, 3.8) is 0 Å². The first-order valence-electron chi connectivity index (χ1n) is 9.42. The van der Waals surface area contributed by atoms with Crippen LogP contribution < -0.4 is 11.1 Å². The molecule has 0 spiro atoms. The monoisotopic (exact) mass is 543 g/mol. The van der Waals surface area contributed by atoms with Gasteiger partial charge in [0.1, 0.15) is 27.8 Å². The Bertz CT molecular complexity index is 1190. The quantitative estimate of drug-likeness (QED) is 0.112. The van der Waals surface area contributed by atoms with E-state index in [2.05, 4.69) is 25.7 Å². The molecule has 2 aliphatic heterocycles. The van der Waals surface area contributed by atoms with Crippen LogP contribution in [-0.4, -0.2) is 83.9 Å². The smallest absolute Gasteiger partial charge is 0.352 e. The number of nitrogen functional groups attached to an aromatic ring is 1. The molecule has 180 valence electrons. The number of hydrogen-bond acceptors (Lipinski definition) is 14. The highest BCUT2D eigenvalue weighted by molar-refractivity contribution is 8.01. The first-order chi connectivity index (χ1) is 16.3. The van der Waals surface area contributed by atoms with Crippen molar-refractivity contribution in [3.05, 3.63) is 27.4 Å².